The molecule has 0 aromatic heterocycles. The van der Waals surface area contributed by atoms with Crippen molar-refractivity contribution in [1.29, 1.82) is 0 Å². The largest absolute Gasteiger partial charge is 0.334 e. The van der Waals surface area contributed by atoms with Gasteiger partial charge >= 0.3 is 5.91 Å². The molecule has 0 radical (unpaired) electrons. The molecule has 1 saturated heterocycles. The van der Waals surface area contributed by atoms with Crippen LogP contribution in [-0.2, 0) is 4.79 Å². The lowest BCUT2D eigenvalue weighted by atomic mass is 10.3. The van der Waals surface area contributed by atoms with Gasteiger partial charge in [-0.25, -0.2) is 6.57 Å². The summed E-state index contributed by atoms with van der Waals surface area (Å²) in [5.74, 6) is 0.652. The third-order valence-electron chi connectivity index (χ3n) is 2.55. The van der Waals surface area contributed by atoms with Crippen molar-refractivity contribution in [3.63, 3.8) is 0 Å². The van der Waals surface area contributed by atoms with E-state index < -0.39 is 0 Å². The first kappa shape index (κ1) is 12.3. The fourth-order valence-electron chi connectivity index (χ4n) is 1.67. The summed E-state index contributed by atoms with van der Waals surface area (Å²) in [7, 11) is 0. The van der Waals surface area contributed by atoms with Crippen LogP contribution in [0.1, 0.15) is 6.42 Å². The smallest absolute Gasteiger partial charge is 0.302 e. The Morgan fingerprint density at radius 1 is 1.33 bits per heavy atom. The van der Waals surface area contributed by atoms with Gasteiger partial charge in [-0.15, -0.1) is 11.6 Å². The Labute approximate surface area is 95.6 Å². The molecule has 1 aliphatic rings. The molecule has 84 valence electrons. The van der Waals surface area contributed by atoms with E-state index in [0.29, 0.717) is 5.88 Å². The zero-order valence-electron chi connectivity index (χ0n) is 8.78. The Kier molecular flexibility index (Phi) is 5.44. The van der Waals surface area contributed by atoms with Crippen molar-refractivity contribution in [2.24, 2.45) is 0 Å². The molecule has 0 aliphatic carbocycles. The van der Waals surface area contributed by atoms with E-state index in [0.717, 1.165) is 39.1 Å². The van der Waals surface area contributed by atoms with Crippen LogP contribution in [0.5, 0.6) is 0 Å². The van der Waals surface area contributed by atoms with Gasteiger partial charge in [-0.3, -0.25) is 9.69 Å². The molecular weight excluding hydrogens is 214 g/mol. The minimum Gasteiger partial charge on any atom is -0.334 e. The number of hydrogen-bond donors (Lipinski definition) is 0. The van der Waals surface area contributed by atoms with Crippen molar-refractivity contribution in [2.45, 2.75) is 6.42 Å². The molecule has 1 amide bonds. The summed E-state index contributed by atoms with van der Waals surface area (Å²) in [4.78, 5) is 18.6. The second-order valence-corrected chi connectivity index (χ2v) is 3.96. The van der Waals surface area contributed by atoms with E-state index in [1.54, 1.807) is 4.90 Å². The topological polar surface area (TPSA) is 27.9 Å². The summed E-state index contributed by atoms with van der Waals surface area (Å²) in [6.07, 6.45) is 0.998. The number of rotatable bonds is 4. The lowest BCUT2D eigenvalue weighted by Gasteiger charge is -2.33. The molecule has 1 heterocycles. The van der Waals surface area contributed by atoms with E-state index in [-0.39, 0.29) is 12.5 Å². The summed E-state index contributed by atoms with van der Waals surface area (Å²) in [5.41, 5.74) is 0. The van der Waals surface area contributed by atoms with Gasteiger partial charge in [-0.2, -0.15) is 0 Å². The van der Waals surface area contributed by atoms with Crippen LogP contribution in [-0.4, -0.2) is 60.9 Å². The molecule has 0 spiro atoms. The molecule has 15 heavy (non-hydrogen) atoms. The lowest BCUT2D eigenvalue weighted by Crippen LogP contribution is -2.49. The SMILES string of the molecule is [C-]#[N+]CC(=O)N1CCN(CCCCl)CC1. The number of amides is 1. The highest BCUT2D eigenvalue weighted by Crippen LogP contribution is 2.03. The minimum atomic E-state index is -0.0398. The van der Waals surface area contributed by atoms with E-state index in [1.807, 2.05) is 0 Å². The molecule has 0 aromatic rings. The van der Waals surface area contributed by atoms with Gasteiger partial charge in [0.2, 0.25) is 0 Å². The number of alkyl halides is 1. The number of nitrogens with zero attached hydrogens (tertiary/aromatic N) is 3. The zero-order chi connectivity index (χ0) is 11.1. The number of carbonyl (C=O) groups is 1. The fraction of sp³-hybridized carbons (Fsp3) is 0.800. The Morgan fingerprint density at radius 2 is 2.00 bits per heavy atom. The summed E-state index contributed by atoms with van der Waals surface area (Å²) in [5, 5.41) is 0. The molecule has 0 bridgehead atoms. The molecule has 0 N–H and O–H groups in total. The molecular formula is C10H16ClN3O. The molecule has 1 rings (SSSR count). The first-order chi connectivity index (χ1) is 7.27. The highest BCUT2D eigenvalue weighted by atomic mass is 35.5. The molecule has 0 saturated carbocycles. The molecule has 1 aliphatic heterocycles. The maximum atomic E-state index is 11.4. The Bertz CT molecular complexity index is 244. The second-order valence-electron chi connectivity index (χ2n) is 3.58. The Morgan fingerprint density at radius 3 is 2.53 bits per heavy atom. The van der Waals surface area contributed by atoms with Crippen LogP contribution < -0.4 is 0 Å². The molecule has 0 unspecified atom stereocenters. The third kappa shape index (κ3) is 4.06. The van der Waals surface area contributed by atoms with Gasteiger partial charge in [0.25, 0.3) is 6.54 Å². The van der Waals surface area contributed by atoms with Gasteiger partial charge in [-0.1, -0.05) is 0 Å². The van der Waals surface area contributed by atoms with Crippen molar-refractivity contribution in [2.75, 3.05) is 45.1 Å². The van der Waals surface area contributed by atoms with E-state index >= 15 is 0 Å². The predicted molar refractivity (Wildman–Crippen MR) is 59.8 cm³/mol. The summed E-state index contributed by atoms with van der Waals surface area (Å²) in [6.45, 7) is 10.9. The van der Waals surface area contributed by atoms with Gasteiger partial charge in [0, 0.05) is 32.1 Å². The standard InChI is InChI=1S/C10H16ClN3O/c1-12-9-10(15)14-7-5-13(6-8-14)4-2-3-11/h2-9H2. The van der Waals surface area contributed by atoms with E-state index in [2.05, 4.69) is 9.74 Å². The minimum absolute atomic E-state index is 0.0122. The summed E-state index contributed by atoms with van der Waals surface area (Å²) < 4.78 is 0. The number of piperazine rings is 1. The van der Waals surface area contributed by atoms with Crippen molar-refractivity contribution < 1.29 is 4.79 Å². The van der Waals surface area contributed by atoms with E-state index in [1.165, 1.54) is 0 Å². The number of carbonyl (C=O) groups excluding carboxylic acids is 1. The maximum absolute atomic E-state index is 11.4. The van der Waals surface area contributed by atoms with Gasteiger partial charge in [-0.05, 0) is 13.0 Å². The number of hydrogen-bond acceptors (Lipinski definition) is 2. The first-order valence-electron chi connectivity index (χ1n) is 5.17. The van der Waals surface area contributed by atoms with Crippen molar-refractivity contribution in [3.05, 3.63) is 11.4 Å². The Hall–Kier alpha value is -0.790. The normalized spacial score (nSPS) is 17.5. The highest BCUT2D eigenvalue weighted by molar-refractivity contribution is 6.17. The first-order valence-corrected chi connectivity index (χ1v) is 5.70. The van der Waals surface area contributed by atoms with E-state index in [4.69, 9.17) is 18.2 Å². The van der Waals surface area contributed by atoms with Crippen LogP contribution in [0.15, 0.2) is 0 Å². The maximum Gasteiger partial charge on any atom is 0.302 e. The molecule has 0 atom stereocenters. The van der Waals surface area contributed by atoms with Gasteiger partial charge in [0.1, 0.15) is 0 Å². The van der Waals surface area contributed by atoms with Crippen LogP contribution in [0.4, 0.5) is 0 Å². The van der Waals surface area contributed by atoms with Gasteiger partial charge in [0.05, 0.1) is 0 Å². The Balaban J connectivity index is 2.24. The highest BCUT2D eigenvalue weighted by Gasteiger charge is 2.21. The predicted octanol–water partition coefficient (Wildman–Crippen LogP) is 0.679. The average Bonchev–Trinajstić information content (AvgIpc) is 2.27. The summed E-state index contributed by atoms with van der Waals surface area (Å²) in [6, 6.07) is 0. The van der Waals surface area contributed by atoms with Gasteiger partial charge < -0.3 is 9.74 Å². The number of halogens is 1. The van der Waals surface area contributed by atoms with Crippen LogP contribution in [0, 0.1) is 6.57 Å². The zero-order valence-corrected chi connectivity index (χ0v) is 9.54. The monoisotopic (exact) mass is 229 g/mol. The van der Waals surface area contributed by atoms with Crippen LogP contribution in [0.25, 0.3) is 4.85 Å². The van der Waals surface area contributed by atoms with Crippen LogP contribution in [0.2, 0.25) is 0 Å². The fourth-order valence-corrected chi connectivity index (χ4v) is 1.79. The van der Waals surface area contributed by atoms with Crippen LogP contribution in [0.3, 0.4) is 0 Å². The quantitative estimate of drug-likeness (QED) is 0.524. The molecule has 4 nitrogen and oxygen atoms in total. The third-order valence-corrected chi connectivity index (χ3v) is 2.81. The van der Waals surface area contributed by atoms with Gasteiger partial charge in [0.15, 0.2) is 0 Å². The van der Waals surface area contributed by atoms with Crippen LogP contribution >= 0.6 is 11.6 Å². The molecule has 1 fully saturated rings. The molecule has 0 aromatic carbocycles. The van der Waals surface area contributed by atoms with Crippen molar-refractivity contribution >= 4 is 17.5 Å². The average molecular weight is 230 g/mol. The second kappa shape index (κ2) is 6.65. The van der Waals surface area contributed by atoms with Crippen molar-refractivity contribution in [3.8, 4) is 0 Å². The summed E-state index contributed by atoms with van der Waals surface area (Å²) >= 11 is 5.62. The lowest BCUT2D eigenvalue weighted by molar-refractivity contribution is -0.130. The van der Waals surface area contributed by atoms with Crippen molar-refractivity contribution in [1.82, 2.24) is 9.80 Å². The molecule has 5 heteroatoms. The van der Waals surface area contributed by atoms with E-state index in [9.17, 15) is 4.79 Å².